The minimum Gasteiger partial charge on any atom is -0.455 e. The van der Waals surface area contributed by atoms with Crippen molar-refractivity contribution in [3.63, 3.8) is 0 Å². The lowest BCUT2D eigenvalue weighted by atomic mass is 9.89. The van der Waals surface area contributed by atoms with Gasteiger partial charge in [-0.1, -0.05) is 0 Å². The number of nitrogens with zero attached hydrogens (tertiary/aromatic N) is 1. The molecule has 1 fully saturated rings. The summed E-state index contributed by atoms with van der Waals surface area (Å²) >= 11 is 0. The number of nitrogen functional groups attached to an aromatic ring is 1. The van der Waals surface area contributed by atoms with Gasteiger partial charge in [-0.15, -0.1) is 0 Å². The Morgan fingerprint density at radius 3 is 2.90 bits per heavy atom. The lowest BCUT2D eigenvalue weighted by Gasteiger charge is -2.22. The van der Waals surface area contributed by atoms with Gasteiger partial charge in [0, 0.05) is 13.6 Å². The molecule has 1 aromatic heterocycles. The first-order chi connectivity index (χ1) is 9.48. The molecule has 0 aromatic carbocycles. The molecule has 0 saturated carbocycles. The summed E-state index contributed by atoms with van der Waals surface area (Å²) in [6.07, 6.45) is 0.809. The van der Waals surface area contributed by atoms with Crippen molar-refractivity contribution in [1.29, 1.82) is 0 Å². The standard InChI is InChI=1S/C13H20N4O3/c1-13(12(19)15-2)5-6-17(8-13)7-9-3-4-10(20-9)11(18)16-14/h3-4H,5-8,14H2,1-2H3,(H,15,19)(H,16,18). The summed E-state index contributed by atoms with van der Waals surface area (Å²) in [6.45, 7) is 4.03. The quantitative estimate of drug-likeness (QED) is 0.404. The number of hydrogen-bond acceptors (Lipinski definition) is 5. The van der Waals surface area contributed by atoms with E-state index in [0.29, 0.717) is 18.8 Å². The van der Waals surface area contributed by atoms with Gasteiger partial charge in [-0.25, -0.2) is 5.84 Å². The molecule has 7 heteroatoms. The number of carbonyl (C=O) groups is 2. The van der Waals surface area contributed by atoms with Gasteiger partial charge in [0.2, 0.25) is 5.91 Å². The van der Waals surface area contributed by atoms with E-state index in [-0.39, 0.29) is 17.1 Å². The van der Waals surface area contributed by atoms with Crippen LogP contribution in [0.1, 0.15) is 29.7 Å². The summed E-state index contributed by atoms with van der Waals surface area (Å²) in [5, 5.41) is 2.70. The molecular formula is C13H20N4O3. The molecule has 1 atom stereocenters. The molecule has 1 saturated heterocycles. The number of amides is 2. The summed E-state index contributed by atoms with van der Waals surface area (Å²) in [5.41, 5.74) is 1.66. The Labute approximate surface area is 117 Å². The zero-order valence-corrected chi connectivity index (χ0v) is 11.7. The van der Waals surface area contributed by atoms with Crippen molar-refractivity contribution >= 4 is 11.8 Å². The molecule has 0 radical (unpaired) electrons. The Hall–Kier alpha value is -1.86. The van der Waals surface area contributed by atoms with Crippen LogP contribution in [0.4, 0.5) is 0 Å². The molecule has 0 bridgehead atoms. The van der Waals surface area contributed by atoms with E-state index in [1.165, 1.54) is 0 Å². The van der Waals surface area contributed by atoms with Crippen molar-refractivity contribution in [3.05, 3.63) is 23.7 Å². The summed E-state index contributed by atoms with van der Waals surface area (Å²) in [7, 11) is 1.65. The van der Waals surface area contributed by atoms with Crippen LogP contribution >= 0.6 is 0 Å². The first kappa shape index (κ1) is 14.5. The maximum atomic E-state index is 11.8. The third-order valence-corrected chi connectivity index (χ3v) is 3.72. The summed E-state index contributed by atoms with van der Waals surface area (Å²) in [5.74, 6) is 5.53. The largest absolute Gasteiger partial charge is 0.455 e. The Balaban J connectivity index is 1.97. The molecule has 110 valence electrons. The van der Waals surface area contributed by atoms with E-state index >= 15 is 0 Å². The molecule has 20 heavy (non-hydrogen) atoms. The fraction of sp³-hybridized carbons (Fsp3) is 0.538. The van der Waals surface area contributed by atoms with Crippen LogP contribution in [-0.2, 0) is 11.3 Å². The predicted molar refractivity (Wildman–Crippen MR) is 72.4 cm³/mol. The number of hydrazine groups is 1. The number of furan rings is 1. The second-order valence-electron chi connectivity index (χ2n) is 5.34. The molecule has 0 aliphatic carbocycles. The van der Waals surface area contributed by atoms with Crippen LogP contribution < -0.4 is 16.6 Å². The van der Waals surface area contributed by atoms with Crippen LogP contribution in [-0.4, -0.2) is 36.9 Å². The molecule has 2 heterocycles. The van der Waals surface area contributed by atoms with Gasteiger partial charge in [0.05, 0.1) is 12.0 Å². The van der Waals surface area contributed by atoms with Gasteiger partial charge in [0.25, 0.3) is 0 Å². The number of nitrogens with one attached hydrogen (secondary N) is 2. The second-order valence-corrected chi connectivity index (χ2v) is 5.34. The van der Waals surface area contributed by atoms with Crippen molar-refractivity contribution in [2.75, 3.05) is 20.1 Å². The normalized spacial score (nSPS) is 22.8. The highest BCUT2D eigenvalue weighted by molar-refractivity contribution is 5.90. The summed E-state index contributed by atoms with van der Waals surface area (Å²) in [6, 6.07) is 3.34. The minimum absolute atomic E-state index is 0.0580. The van der Waals surface area contributed by atoms with E-state index in [0.717, 1.165) is 13.0 Å². The van der Waals surface area contributed by atoms with Gasteiger partial charge in [-0.3, -0.25) is 19.9 Å². The highest BCUT2D eigenvalue weighted by Gasteiger charge is 2.39. The van der Waals surface area contributed by atoms with Crippen LogP contribution in [0.25, 0.3) is 0 Å². The minimum atomic E-state index is -0.451. The number of nitrogens with two attached hydrogens (primary N) is 1. The summed E-state index contributed by atoms with van der Waals surface area (Å²) < 4.78 is 5.42. The Bertz CT molecular complexity index is 513. The van der Waals surface area contributed by atoms with Gasteiger partial charge >= 0.3 is 5.91 Å². The average Bonchev–Trinajstić information content (AvgIpc) is 3.05. The molecular weight excluding hydrogens is 260 g/mol. The smallest absolute Gasteiger partial charge is 0.300 e. The third-order valence-electron chi connectivity index (χ3n) is 3.72. The van der Waals surface area contributed by atoms with Crippen LogP contribution in [0.5, 0.6) is 0 Å². The zero-order chi connectivity index (χ0) is 14.8. The van der Waals surface area contributed by atoms with Gasteiger partial charge in [-0.2, -0.15) is 0 Å². The highest BCUT2D eigenvalue weighted by Crippen LogP contribution is 2.31. The maximum Gasteiger partial charge on any atom is 0.300 e. The lowest BCUT2D eigenvalue weighted by molar-refractivity contribution is -0.129. The molecule has 1 unspecified atom stereocenters. The molecule has 2 amide bonds. The van der Waals surface area contributed by atoms with Crippen molar-refractivity contribution in [2.45, 2.75) is 19.9 Å². The first-order valence-corrected chi connectivity index (χ1v) is 6.53. The first-order valence-electron chi connectivity index (χ1n) is 6.53. The fourth-order valence-electron chi connectivity index (χ4n) is 2.56. The van der Waals surface area contributed by atoms with Gasteiger partial charge in [0.15, 0.2) is 5.76 Å². The van der Waals surface area contributed by atoms with Gasteiger partial charge in [0.1, 0.15) is 5.76 Å². The Morgan fingerprint density at radius 2 is 2.25 bits per heavy atom. The van der Waals surface area contributed by atoms with Gasteiger partial charge in [-0.05, 0) is 32.0 Å². The van der Waals surface area contributed by atoms with E-state index < -0.39 is 5.91 Å². The van der Waals surface area contributed by atoms with Crippen LogP contribution in [0.15, 0.2) is 16.5 Å². The second kappa shape index (κ2) is 5.64. The van der Waals surface area contributed by atoms with Crippen molar-refractivity contribution in [3.8, 4) is 0 Å². The fourth-order valence-corrected chi connectivity index (χ4v) is 2.56. The predicted octanol–water partition coefficient (Wildman–Crippen LogP) is -0.159. The average molecular weight is 280 g/mol. The monoisotopic (exact) mass is 280 g/mol. The number of likely N-dealkylation sites (tertiary alicyclic amines) is 1. The van der Waals surface area contributed by atoms with E-state index in [2.05, 4.69) is 10.2 Å². The Kier molecular flexibility index (Phi) is 4.10. The van der Waals surface area contributed by atoms with Crippen molar-refractivity contribution in [1.82, 2.24) is 15.6 Å². The van der Waals surface area contributed by atoms with E-state index in [1.54, 1.807) is 19.2 Å². The third kappa shape index (κ3) is 2.83. The molecule has 2 rings (SSSR count). The number of hydrogen-bond donors (Lipinski definition) is 3. The van der Waals surface area contributed by atoms with Crippen LogP contribution in [0.2, 0.25) is 0 Å². The molecule has 1 aliphatic heterocycles. The van der Waals surface area contributed by atoms with Gasteiger partial charge < -0.3 is 9.73 Å². The van der Waals surface area contributed by atoms with Crippen molar-refractivity contribution in [2.24, 2.45) is 11.3 Å². The number of rotatable bonds is 4. The molecule has 4 N–H and O–H groups in total. The van der Waals surface area contributed by atoms with E-state index in [1.807, 2.05) is 12.3 Å². The molecule has 1 aromatic rings. The zero-order valence-electron chi connectivity index (χ0n) is 11.7. The Morgan fingerprint density at radius 1 is 1.50 bits per heavy atom. The molecule has 7 nitrogen and oxygen atoms in total. The van der Waals surface area contributed by atoms with E-state index in [4.69, 9.17) is 10.3 Å². The highest BCUT2D eigenvalue weighted by atomic mass is 16.4. The number of carbonyl (C=O) groups excluding carboxylic acids is 2. The molecule has 0 spiro atoms. The SMILES string of the molecule is CNC(=O)C1(C)CCN(Cc2ccc(C(=O)NN)o2)C1. The topological polar surface area (TPSA) is 101 Å². The van der Waals surface area contributed by atoms with Crippen LogP contribution in [0.3, 0.4) is 0 Å². The summed E-state index contributed by atoms with van der Waals surface area (Å²) in [4.78, 5) is 25.3. The molecule has 1 aliphatic rings. The maximum absolute atomic E-state index is 11.8. The van der Waals surface area contributed by atoms with Crippen molar-refractivity contribution < 1.29 is 14.0 Å². The lowest BCUT2D eigenvalue weighted by Crippen LogP contribution is -2.39. The van der Waals surface area contributed by atoms with E-state index in [9.17, 15) is 9.59 Å². The van der Waals surface area contributed by atoms with Crippen LogP contribution in [0, 0.1) is 5.41 Å².